The highest BCUT2D eigenvalue weighted by molar-refractivity contribution is 5.99. The maximum Gasteiger partial charge on any atom is 0.168 e. The molecular weight excluding hydrogens is 264 g/mol. The largest absolute Gasteiger partial charge is 0.360 e. The summed E-state index contributed by atoms with van der Waals surface area (Å²) >= 11 is 0. The van der Waals surface area contributed by atoms with E-state index in [0.717, 1.165) is 17.7 Å². The second-order valence-corrected chi connectivity index (χ2v) is 6.35. The summed E-state index contributed by atoms with van der Waals surface area (Å²) in [5.74, 6) is 0.751. The summed E-state index contributed by atoms with van der Waals surface area (Å²) in [5.41, 5.74) is 3.02. The number of benzene rings is 1. The molecule has 0 atom stereocenters. The van der Waals surface area contributed by atoms with Crippen molar-refractivity contribution in [2.75, 3.05) is 0 Å². The third-order valence-electron chi connectivity index (χ3n) is 3.85. The number of carbonyl (C=O) groups excluding carboxylic acids is 1. The van der Waals surface area contributed by atoms with Gasteiger partial charge in [-0.2, -0.15) is 5.26 Å². The van der Waals surface area contributed by atoms with Gasteiger partial charge < -0.3 is 4.52 Å². The lowest BCUT2D eigenvalue weighted by Gasteiger charge is -2.26. The second-order valence-electron chi connectivity index (χ2n) is 6.35. The Hall–Kier alpha value is -2.41. The van der Waals surface area contributed by atoms with Crippen LogP contribution in [0.15, 0.2) is 28.8 Å². The number of ketones is 1. The van der Waals surface area contributed by atoms with Crippen LogP contribution in [0.2, 0.25) is 0 Å². The maximum atomic E-state index is 12.3. The van der Waals surface area contributed by atoms with Gasteiger partial charge in [0.2, 0.25) is 0 Å². The van der Waals surface area contributed by atoms with Gasteiger partial charge in [-0.3, -0.25) is 4.79 Å². The monoisotopic (exact) mass is 280 g/mol. The topological polar surface area (TPSA) is 66.9 Å². The molecule has 4 heteroatoms. The first-order valence-electron chi connectivity index (χ1n) is 6.98. The van der Waals surface area contributed by atoms with Crippen LogP contribution in [0.1, 0.15) is 53.2 Å². The summed E-state index contributed by atoms with van der Waals surface area (Å²) in [6, 6.07) is 9.38. The summed E-state index contributed by atoms with van der Waals surface area (Å²) in [6.07, 6.45) is 1.83. The van der Waals surface area contributed by atoms with Crippen LogP contribution in [0.25, 0.3) is 0 Å². The van der Waals surface area contributed by atoms with Crippen LogP contribution in [0, 0.1) is 16.7 Å². The fraction of sp³-hybridized carbons (Fsp3) is 0.353. The number of rotatable bonds is 2. The molecule has 0 bridgehead atoms. The number of nitriles is 1. The molecule has 2 aromatic rings. The van der Waals surface area contributed by atoms with Gasteiger partial charge in [-0.1, -0.05) is 31.1 Å². The predicted molar refractivity (Wildman–Crippen MR) is 76.9 cm³/mol. The molecule has 0 N–H and O–H groups in total. The van der Waals surface area contributed by atoms with E-state index < -0.39 is 0 Å². The summed E-state index contributed by atoms with van der Waals surface area (Å²) in [5, 5.41) is 12.9. The molecule has 0 radical (unpaired) electrons. The van der Waals surface area contributed by atoms with E-state index in [4.69, 9.17) is 9.78 Å². The highest BCUT2D eigenvalue weighted by atomic mass is 16.5. The van der Waals surface area contributed by atoms with Crippen molar-refractivity contribution in [3.05, 3.63) is 52.4 Å². The number of Topliss-reactive ketones (excluding diaryl/α,β-unsaturated/α-hetero) is 1. The smallest absolute Gasteiger partial charge is 0.168 e. The summed E-state index contributed by atoms with van der Waals surface area (Å²) in [6.45, 7) is 4.14. The number of aromatic nitrogens is 1. The first-order valence-corrected chi connectivity index (χ1v) is 6.98. The minimum absolute atomic E-state index is 0.0489. The van der Waals surface area contributed by atoms with Crippen molar-refractivity contribution >= 4 is 5.78 Å². The molecule has 0 aliphatic heterocycles. The fourth-order valence-corrected chi connectivity index (χ4v) is 2.84. The van der Waals surface area contributed by atoms with Gasteiger partial charge in [0.1, 0.15) is 0 Å². The number of hydrogen-bond donors (Lipinski definition) is 0. The van der Waals surface area contributed by atoms with Crippen molar-refractivity contribution < 1.29 is 9.32 Å². The van der Waals surface area contributed by atoms with Crippen LogP contribution >= 0.6 is 0 Å². The van der Waals surface area contributed by atoms with Crippen LogP contribution in [-0.4, -0.2) is 10.9 Å². The Bertz CT molecular complexity index is 733. The average Bonchev–Trinajstić information content (AvgIpc) is 2.81. The van der Waals surface area contributed by atoms with E-state index in [1.54, 1.807) is 12.1 Å². The quantitative estimate of drug-likeness (QED) is 0.846. The van der Waals surface area contributed by atoms with Crippen LogP contribution < -0.4 is 0 Å². The van der Waals surface area contributed by atoms with E-state index in [1.807, 2.05) is 12.1 Å². The average molecular weight is 280 g/mol. The van der Waals surface area contributed by atoms with E-state index in [1.165, 1.54) is 0 Å². The van der Waals surface area contributed by atoms with Gasteiger partial charge in [0, 0.05) is 12.8 Å². The normalized spacial score (nSPS) is 16.3. The highest BCUT2D eigenvalue weighted by Crippen LogP contribution is 2.36. The number of carbonyl (C=O) groups is 1. The molecule has 0 amide bonds. The Balaban J connectivity index is 1.90. The Labute approximate surface area is 123 Å². The van der Waals surface area contributed by atoms with Crippen LogP contribution in [0.5, 0.6) is 0 Å². The first kappa shape index (κ1) is 13.6. The Morgan fingerprint density at radius 1 is 1.29 bits per heavy atom. The van der Waals surface area contributed by atoms with Gasteiger partial charge >= 0.3 is 0 Å². The van der Waals surface area contributed by atoms with Crippen molar-refractivity contribution in [1.29, 1.82) is 5.26 Å². The molecule has 1 aliphatic rings. The molecule has 1 heterocycles. The van der Waals surface area contributed by atoms with Gasteiger partial charge in [0.05, 0.1) is 22.9 Å². The molecule has 0 saturated carbocycles. The van der Waals surface area contributed by atoms with Crippen LogP contribution in [-0.2, 0) is 12.8 Å². The molecule has 3 rings (SSSR count). The molecule has 0 saturated heterocycles. The van der Waals surface area contributed by atoms with Gasteiger partial charge in [0.15, 0.2) is 11.5 Å². The lowest BCUT2D eigenvalue weighted by atomic mass is 9.75. The Morgan fingerprint density at radius 3 is 2.67 bits per heavy atom. The molecule has 0 fully saturated rings. The van der Waals surface area contributed by atoms with E-state index in [0.29, 0.717) is 29.7 Å². The Kier molecular flexibility index (Phi) is 3.13. The van der Waals surface area contributed by atoms with Gasteiger partial charge in [0.25, 0.3) is 0 Å². The Morgan fingerprint density at radius 2 is 2.00 bits per heavy atom. The molecule has 21 heavy (non-hydrogen) atoms. The molecule has 106 valence electrons. The zero-order valence-corrected chi connectivity index (χ0v) is 12.1. The number of fused-ring (bicyclic) bond motifs is 1. The van der Waals surface area contributed by atoms with Crippen molar-refractivity contribution in [2.45, 2.75) is 33.1 Å². The van der Waals surface area contributed by atoms with Gasteiger partial charge in [-0.15, -0.1) is 0 Å². The molecule has 1 aromatic carbocycles. The predicted octanol–water partition coefficient (Wildman–Crippen LogP) is 3.29. The minimum Gasteiger partial charge on any atom is -0.360 e. The van der Waals surface area contributed by atoms with Crippen molar-refractivity contribution in [3.8, 4) is 6.07 Å². The molecule has 1 aliphatic carbocycles. The first-order chi connectivity index (χ1) is 9.98. The van der Waals surface area contributed by atoms with E-state index in [2.05, 4.69) is 25.1 Å². The van der Waals surface area contributed by atoms with E-state index in [-0.39, 0.29) is 11.2 Å². The molecule has 0 spiro atoms. The molecular formula is C17H16N2O2. The second kappa shape index (κ2) is 4.85. The summed E-state index contributed by atoms with van der Waals surface area (Å²) < 4.78 is 5.41. The van der Waals surface area contributed by atoms with Gasteiger partial charge in [-0.25, -0.2) is 0 Å². The van der Waals surface area contributed by atoms with E-state index in [9.17, 15) is 4.79 Å². The number of nitrogens with zero attached hydrogens (tertiary/aromatic N) is 2. The number of hydrogen-bond acceptors (Lipinski definition) is 4. The summed E-state index contributed by atoms with van der Waals surface area (Å²) in [4.78, 5) is 12.3. The molecule has 0 unspecified atom stereocenters. The SMILES string of the molecule is CC1(C)CC(=O)c2c(noc2Cc2ccc(C#N)cc2)C1. The van der Waals surface area contributed by atoms with Crippen molar-refractivity contribution in [3.63, 3.8) is 0 Å². The van der Waals surface area contributed by atoms with Crippen LogP contribution in [0.4, 0.5) is 0 Å². The summed E-state index contributed by atoms with van der Waals surface area (Å²) in [7, 11) is 0. The third-order valence-corrected chi connectivity index (χ3v) is 3.85. The lowest BCUT2D eigenvalue weighted by molar-refractivity contribution is 0.0911. The van der Waals surface area contributed by atoms with Crippen molar-refractivity contribution in [1.82, 2.24) is 5.16 Å². The van der Waals surface area contributed by atoms with Gasteiger partial charge in [-0.05, 0) is 29.5 Å². The van der Waals surface area contributed by atoms with Crippen LogP contribution in [0.3, 0.4) is 0 Å². The zero-order valence-electron chi connectivity index (χ0n) is 12.1. The van der Waals surface area contributed by atoms with E-state index >= 15 is 0 Å². The molecule has 4 nitrogen and oxygen atoms in total. The van der Waals surface area contributed by atoms with Crippen molar-refractivity contribution in [2.24, 2.45) is 5.41 Å². The zero-order chi connectivity index (χ0) is 15.0. The standard InChI is InChI=1S/C17H16N2O2/c1-17(2)8-13-16(14(20)9-17)15(21-19-13)7-11-3-5-12(10-18)6-4-11/h3-6H,7-9H2,1-2H3. The maximum absolute atomic E-state index is 12.3. The fourth-order valence-electron chi connectivity index (χ4n) is 2.84. The molecule has 1 aromatic heterocycles. The lowest BCUT2D eigenvalue weighted by Crippen LogP contribution is -2.27. The third kappa shape index (κ3) is 2.59. The highest BCUT2D eigenvalue weighted by Gasteiger charge is 2.35. The minimum atomic E-state index is -0.0489.